The van der Waals surface area contributed by atoms with Gasteiger partial charge in [-0.1, -0.05) is 32.0 Å². The molecule has 0 atom stereocenters. The maximum absolute atomic E-state index is 5.04. The smallest absolute Gasteiger partial charge is 0.0961 e. The molecule has 17 heavy (non-hydrogen) atoms. The lowest BCUT2D eigenvalue weighted by atomic mass is 9.83. The van der Waals surface area contributed by atoms with Crippen LogP contribution in [0.1, 0.15) is 37.0 Å². The van der Waals surface area contributed by atoms with Gasteiger partial charge in [0.25, 0.3) is 0 Å². The van der Waals surface area contributed by atoms with Crippen LogP contribution in [0.25, 0.3) is 0 Å². The van der Waals surface area contributed by atoms with Gasteiger partial charge in [-0.2, -0.15) is 0 Å². The molecule has 0 bridgehead atoms. The number of ether oxygens (including phenoxy) is 1. The molecule has 94 valence electrons. The Kier molecular flexibility index (Phi) is 3.85. The third-order valence-electron chi connectivity index (χ3n) is 3.69. The number of aryl methyl sites for hydroxylation is 2. The minimum atomic E-state index is 0.163. The van der Waals surface area contributed by atoms with E-state index in [1.807, 2.05) is 0 Å². The van der Waals surface area contributed by atoms with Gasteiger partial charge in [0.2, 0.25) is 0 Å². The number of hydrogen-bond acceptors (Lipinski definition) is 2. The van der Waals surface area contributed by atoms with Crippen LogP contribution in [0, 0.1) is 0 Å². The second-order valence-corrected chi connectivity index (χ2v) is 5.58. The second-order valence-electron chi connectivity index (χ2n) is 5.58. The zero-order chi connectivity index (χ0) is 12.3. The van der Waals surface area contributed by atoms with E-state index < -0.39 is 0 Å². The fraction of sp³-hybridized carbons (Fsp3) is 0.600. The molecule has 0 heterocycles. The molecule has 0 radical (unpaired) electrons. The Morgan fingerprint density at radius 1 is 1.24 bits per heavy atom. The molecule has 0 amide bonds. The highest BCUT2D eigenvalue weighted by molar-refractivity contribution is 5.38. The van der Waals surface area contributed by atoms with Gasteiger partial charge in [0, 0.05) is 19.1 Å². The van der Waals surface area contributed by atoms with Gasteiger partial charge in [0.15, 0.2) is 0 Å². The summed E-state index contributed by atoms with van der Waals surface area (Å²) in [6, 6.07) is 7.01. The predicted octanol–water partition coefficient (Wildman–Crippen LogP) is 2.65. The van der Waals surface area contributed by atoms with E-state index in [4.69, 9.17) is 4.74 Å². The van der Waals surface area contributed by atoms with E-state index in [-0.39, 0.29) is 5.41 Å². The molecule has 0 spiro atoms. The first-order chi connectivity index (χ1) is 8.13. The Bertz CT molecular complexity index is 385. The highest BCUT2D eigenvalue weighted by Gasteiger charge is 2.22. The molecule has 1 aliphatic rings. The number of methoxy groups -OCH3 is 1. The van der Waals surface area contributed by atoms with E-state index in [1.165, 1.54) is 24.8 Å². The summed E-state index contributed by atoms with van der Waals surface area (Å²) in [5, 5.41) is 3.32. The van der Waals surface area contributed by atoms with Crippen molar-refractivity contribution in [1.29, 1.82) is 0 Å². The van der Waals surface area contributed by atoms with Crippen LogP contribution in [-0.2, 0) is 23.0 Å². The lowest BCUT2D eigenvalue weighted by molar-refractivity contribution is 0.169. The third-order valence-corrected chi connectivity index (χ3v) is 3.69. The SMILES string of the molecule is COCNCC(C)(C)c1ccc2c(c1)CCC2. The van der Waals surface area contributed by atoms with Crippen LogP contribution < -0.4 is 5.32 Å². The van der Waals surface area contributed by atoms with E-state index in [9.17, 15) is 0 Å². The van der Waals surface area contributed by atoms with Crippen LogP contribution in [0.4, 0.5) is 0 Å². The van der Waals surface area contributed by atoms with Crippen molar-refractivity contribution in [1.82, 2.24) is 5.32 Å². The minimum absolute atomic E-state index is 0.163. The minimum Gasteiger partial charge on any atom is -0.370 e. The van der Waals surface area contributed by atoms with Crippen molar-refractivity contribution in [2.24, 2.45) is 0 Å². The van der Waals surface area contributed by atoms with Gasteiger partial charge in [-0.05, 0) is 36.0 Å². The zero-order valence-corrected chi connectivity index (χ0v) is 11.2. The largest absolute Gasteiger partial charge is 0.370 e. The molecule has 0 unspecified atom stereocenters. The molecule has 2 rings (SSSR count). The van der Waals surface area contributed by atoms with Crippen molar-refractivity contribution >= 4 is 0 Å². The molecule has 1 aromatic carbocycles. The van der Waals surface area contributed by atoms with Crippen LogP contribution in [0.15, 0.2) is 18.2 Å². The topological polar surface area (TPSA) is 21.3 Å². The van der Waals surface area contributed by atoms with E-state index in [0.29, 0.717) is 6.73 Å². The normalized spacial score (nSPS) is 15.0. The van der Waals surface area contributed by atoms with Gasteiger partial charge in [-0.25, -0.2) is 0 Å². The summed E-state index contributed by atoms with van der Waals surface area (Å²) >= 11 is 0. The molecule has 0 saturated heterocycles. The lowest BCUT2D eigenvalue weighted by Gasteiger charge is -2.26. The number of fused-ring (bicyclic) bond motifs is 1. The van der Waals surface area contributed by atoms with Crippen molar-refractivity contribution < 1.29 is 4.74 Å². The molecule has 0 saturated carbocycles. The molecule has 1 aliphatic carbocycles. The standard InChI is InChI=1S/C15H23NO/c1-15(2,10-16-11-17-3)14-8-7-12-5-4-6-13(12)9-14/h7-9,16H,4-6,10-11H2,1-3H3. The first-order valence-electron chi connectivity index (χ1n) is 6.45. The zero-order valence-electron chi connectivity index (χ0n) is 11.2. The fourth-order valence-corrected chi connectivity index (χ4v) is 2.56. The molecule has 2 heteroatoms. The van der Waals surface area contributed by atoms with Gasteiger partial charge in [0.1, 0.15) is 0 Å². The number of benzene rings is 1. The Hall–Kier alpha value is -0.860. The fourth-order valence-electron chi connectivity index (χ4n) is 2.56. The molecule has 0 fully saturated rings. The molecule has 1 aromatic rings. The average molecular weight is 233 g/mol. The summed E-state index contributed by atoms with van der Waals surface area (Å²) in [7, 11) is 1.72. The first kappa shape index (κ1) is 12.6. The Labute approximate surface area is 104 Å². The van der Waals surface area contributed by atoms with E-state index in [0.717, 1.165) is 6.54 Å². The Morgan fingerprint density at radius 2 is 2.00 bits per heavy atom. The quantitative estimate of drug-likeness (QED) is 0.623. The van der Waals surface area contributed by atoms with Crippen LogP contribution in [0.5, 0.6) is 0 Å². The molecule has 0 aromatic heterocycles. The summed E-state index contributed by atoms with van der Waals surface area (Å²) in [5.74, 6) is 0. The van der Waals surface area contributed by atoms with Gasteiger partial charge < -0.3 is 4.74 Å². The van der Waals surface area contributed by atoms with Gasteiger partial charge in [0.05, 0.1) is 6.73 Å². The lowest BCUT2D eigenvalue weighted by Crippen LogP contribution is -2.34. The second kappa shape index (κ2) is 5.19. The maximum Gasteiger partial charge on any atom is 0.0961 e. The summed E-state index contributed by atoms with van der Waals surface area (Å²) in [4.78, 5) is 0. The summed E-state index contributed by atoms with van der Waals surface area (Å²) in [6.45, 7) is 6.13. The number of nitrogens with one attached hydrogen (secondary N) is 1. The van der Waals surface area contributed by atoms with E-state index in [1.54, 1.807) is 18.2 Å². The van der Waals surface area contributed by atoms with Gasteiger partial charge in [-0.15, -0.1) is 0 Å². The monoisotopic (exact) mass is 233 g/mol. The number of hydrogen-bond donors (Lipinski definition) is 1. The predicted molar refractivity (Wildman–Crippen MR) is 71.4 cm³/mol. The number of rotatable bonds is 5. The molecule has 1 N–H and O–H groups in total. The third kappa shape index (κ3) is 2.88. The van der Waals surface area contributed by atoms with Crippen molar-refractivity contribution in [2.75, 3.05) is 20.4 Å². The van der Waals surface area contributed by atoms with Crippen molar-refractivity contribution in [2.45, 2.75) is 38.5 Å². The molecular weight excluding hydrogens is 210 g/mol. The summed E-state index contributed by atoms with van der Waals surface area (Å²) in [5.41, 5.74) is 4.70. The van der Waals surface area contributed by atoms with Gasteiger partial charge >= 0.3 is 0 Å². The highest BCUT2D eigenvalue weighted by Crippen LogP contribution is 2.29. The average Bonchev–Trinajstić information content (AvgIpc) is 2.76. The maximum atomic E-state index is 5.04. The van der Waals surface area contributed by atoms with Gasteiger partial charge in [-0.3, -0.25) is 5.32 Å². The Morgan fingerprint density at radius 3 is 2.76 bits per heavy atom. The Balaban J connectivity index is 2.10. The van der Waals surface area contributed by atoms with Crippen LogP contribution in [-0.4, -0.2) is 20.4 Å². The summed E-state index contributed by atoms with van der Waals surface area (Å²) in [6.07, 6.45) is 3.84. The molecular formula is C15H23NO. The van der Waals surface area contributed by atoms with E-state index >= 15 is 0 Å². The molecule has 2 nitrogen and oxygen atoms in total. The molecule has 0 aliphatic heterocycles. The van der Waals surface area contributed by atoms with Crippen LogP contribution in [0.3, 0.4) is 0 Å². The van der Waals surface area contributed by atoms with E-state index in [2.05, 4.69) is 37.4 Å². The first-order valence-corrected chi connectivity index (χ1v) is 6.45. The highest BCUT2D eigenvalue weighted by atomic mass is 16.5. The van der Waals surface area contributed by atoms with Crippen molar-refractivity contribution in [3.05, 3.63) is 34.9 Å². The van der Waals surface area contributed by atoms with Crippen molar-refractivity contribution in [3.63, 3.8) is 0 Å². The van der Waals surface area contributed by atoms with Crippen LogP contribution >= 0.6 is 0 Å². The van der Waals surface area contributed by atoms with Crippen molar-refractivity contribution in [3.8, 4) is 0 Å². The van der Waals surface area contributed by atoms with Crippen LogP contribution in [0.2, 0.25) is 0 Å². The summed E-state index contributed by atoms with van der Waals surface area (Å²) < 4.78 is 5.04.